The first-order chi connectivity index (χ1) is 14.3. The van der Waals surface area contributed by atoms with Crippen LogP contribution in [-0.4, -0.2) is 51.0 Å². The molecule has 154 valence electrons. The molecule has 1 aliphatic heterocycles. The van der Waals surface area contributed by atoms with Crippen LogP contribution in [0.1, 0.15) is 44.6 Å². The van der Waals surface area contributed by atoms with E-state index in [4.69, 9.17) is 0 Å². The molecule has 1 saturated heterocycles. The zero-order valence-corrected chi connectivity index (χ0v) is 17.0. The molecule has 0 saturated carbocycles. The van der Waals surface area contributed by atoms with Crippen LogP contribution < -0.4 is 5.32 Å². The van der Waals surface area contributed by atoms with Crippen molar-refractivity contribution in [1.82, 2.24) is 20.2 Å². The number of carbonyl (C=O) groups excluding carboxylic acids is 4. The fourth-order valence-electron chi connectivity index (χ4n) is 4.16. The van der Waals surface area contributed by atoms with Crippen LogP contribution >= 0.6 is 0 Å². The SMILES string of the molecule is CC(=O)c1c(C)[nH]c(C(=O)CN2C(=O)N[C@@H](Cc3c[nH]c4ccccc34)C2=O)c1C. The number of fused-ring (bicyclic) bond motifs is 1. The summed E-state index contributed by atoms with van der Waals surface area (Å²) in [5.41, 5.74) is 3.71. The van der Waals surface area contributed by atoms with Gasteiger partial charge in [0.05, 0.1) is 12.2 Å². The maximum absolute atomic E-state index is 12.8. The largest absolute Gasteiger partial charge is 0.361 e. The van der Waals surface area contributed by atoms with Gasteiger partial charge in [0.25, 0.3) is 5.91 Å². The molecular formula is C22H22N4O4. The molecule has 3 heterocycles. The molecule has 1 fully saturated rings. The number of nitrogens with one attached hydrogen (secondary N) is 3. The molecule has 0 bridgehead atoms. The molecule has 1 aliphatic rings. The molecule has 8 heteroatoms. The molecule has 1 atom stereocenters. The third kappa shape index (κ3) is 3.20. The van der Waals surface area contributed by atoms with Crippen molar-refractivity contribution in [1.29, 1.82) is 0 Å². The van der Waals surface area contributed by atoms with Gasteiger partial charge in [0.2, 0.25) is 0 Å². The van der Waals surface area contributed by atoms with Crippen LogP contribution in [0, 0.1) is 13.8 Å². The second-order valence-corrected chi connectivity index (χ2v) is 7.59. The number of amides is 3. The fourth-order valence-corrected chi connectivity index (χ4v) is 4.16. The fraction of sp³-hybridized carbons (Fsp3) is 0.273. The quantitative estimate of drug-likeness (QED) is 0.431. The van der Waals surface area contributed by atoms with Gasteiger partial charge in [-0.15, -0.1) is 0 Å². The van der Waals surface area contributed by atoms with Crippen LogP contribution in [0.2, 0.25) is 0 Å². The Kier molecular flexibility index (Phi) is 4.77. The van der Waals surface area contributed by atoms with Crippen molar-refractivity contribution in [2.45, 2.75) is 33.2 Å². The van der Waals surface area contributed by atoms with E-state index in [2.05, 4.69) is 15.3 Å². The Hall–Kier alpha value is -3.68. The lowest BCUT2D eigenvalue weighted by Crippen LogP contribution is -2.36. The summed E-state index contributed by atoms with van der Waals surface area (Å²) in [5.74, 6) is -1.00. The van der Waals surface area contributed by atoms with E-state index in [1.807, 2.05) is 30.5 Å². The van der Waals surface area contributed by atoms with E-state index in [1.54, 1.807) is 13.8 Å². The van der Waals surface area contributed by atoms with E-state index in [0.717, 1.165) is 21.4 Å². The molecule has 2 aromatic heterocycles. The molecule has 8 nitrogen and oxygen atoms in total. The number of carbonyl (C=O) groups is 4. The maximum Gasteiger partial charge on any atom is 0.325 e. The van der Waals surface area contributed by atoms with Crippen molar-refractivity contribution < 1.29 is 19.2 Å². The van der Waals surface area contributed by atoms with Gasteiger partial charge in [-0.3, -0.25) is 19.3 Å². The van der Waals surface area contributed by atoms with Crippen LogP contribution in [0.5, 0.6) is 0 Å². The van der Waals surface area contributed by atoms with Crippen molar-refractivity contribution in [3.63, 3.8) is 0 Å². The van der Waals surface area contributed by atoms with E-state index >= 15 is 0 Å². The number of aryl methyl sites for hydroxylation is 1. The Balaban J connectivity index is 1.51. The molecule has 0 unspecified atom stereocenters. The number of hydrogen-bond donors (Lipinski definition) is 3. The highest BCUT2D eigenvalue weighted by Crippen LogP contribution is 2.22. The predicted molar refractivity (Wildman–Crippen MR) is 111 cm³/mol. The summed E-state index contributed by atoms with van der Waals surface area (Å²) in [6, 6.07) is 6.40. The lowest BCUT2D eigenvalue weighted by Gasteiger charge is -2.12. The molecule has 3 aromatic rings. The Morgan fingerprint density at radius 3 is 2.57 bits per heavy atom. The summed E-state index contributed by atoms with van der Waals surface area (Å²) < 4.78 is 0. The van der Waals surface area contributed by atoms with Gasteiger partial charge in [-0.05, 0) is 38.0 Å². The zero-order valence-electron chi connectivity index (χ0n) is 17.0. The molecule has 0 aliphatic carbocycles. The first-order valence-corrected chi connectivity index (χ1v) is 9.68. The molecule has 3 N–H and O–H groups in total. The van der Waals surface area contributed by atoms with E-state index in [9.17, 15) is 19.2 Å². The Morgan fingerprint density at radius 1 is 1.13 bits per heavy atom. The van der Waals surface area contributed by atoms with E-state index in [1.165, 1.54) is 6.92 Å². The standard InChI is InChI=1S/C22H22N4O4/c1-11-19(13(3)27)12(2)24-20(11)18(28)10-26-21(29)17(25-22(26)30)8-14-9-23-16-7-5-4-6-15(14)16/h4-7,9,17,23-24H,8,10H2,1-3H3,(H,25,30)/t17-/m0/s1. The second-order valence-electron chi connectivity index (χ2n) is 7.59. The number of H-pyrrole nitrogens is 2. The van der Waals surface area contributed by atoms with Crippen LogP contribution in [-0.2, 0) is 11.2 Å². The highest BCUT2D eigenvalue weighted by molar-refractivity contribution is 6.10. The van der Waals surface area contributed by atoms with Gasteiger partial charge in [-0.25, -0.2) is 4.79 Å². The lowest BCUT2D eigenvalue weighted by molar-refractivity contribution is -0.127. The molecule has 0 spiro atoms. The Bertz CT molecular complexity index is 1200. The van der Waals surface area contributed by atoms with Gasteiger partial charge >= 0.3 is 6.03 Å². The molecule has 30 heavy (non-hydrogen) atoms. The number of nitrogens with zero attached hydrogens (tertiary/aromatic N) is 1. The summed E-state index contributed by atoms with van der Waals surface area (Å²) >= 11 is 0. The normalized spacial score (nSPS) is 16.4. The number of urea groups is 1. The van der Waals surface area contributed by atoms with Crippen LogP contribution in [0.4, 0.5) is 4.79 Å². The maximum atomic E-state index is 12.8. The van der Waals surface area contributed by atoms with Gasteiger partial charge in [0, 0.05) is 34.8 Å². The third-order valence-corrected chi connectivity index (χ3v) is 5.58. The van der Waals surface area contributed by atoms with Gasteiger partial charge in [0.15, 0.2) is 11.6 Å². The number of benzene rings is 1. The average molecular weight is 406 g/mol. The van der Waals surface area contributed by atoms with Crippen molar-refractivity contribution in [2.24, 2.45) is 0 Å². The summed E-state index contributed by atoms with van der Waals surface area (Å²) in [7, 11) is 0. The zero-order chi connectivity index (χ0) is 21.6. The van der Waals surface area contributed by atoms with Gasteiger partial charge in [-0.1, -0.05) is 18.2 Å². The van der Waals surface area contributed by atoms with Crippen molar-refractivity contribution in [3.05, 3.63) is 58.5 Å². The minimum absolute atomic E-state index is 0.144. The average Bonchev–Trinajstić information content (AvgIpc) is 3.32. The summed E-state index contributed by atoms with van der Waals surface area (Å²) in [5, 5.41) is 3.66. The van der Waals surface area contributed by atoms with Crippen LogP contribution in [0.3, 0.4) is 0 Å². The van der Waals surface area contributed by atoms with Crippen molar-refractivity contribution in [2.75, 3.05) is 6.54 Å². The molecule has 4 rings (SSSR count). The van der Waals surface area contributed by atoms with Gasteiger partial charge in [0.1, 0.15) is 6.04 Å². The van der Waals surface area contributed by atoms with Crippen LogP contribution in [0.25, 0.3) is 10.9 Å². The number of ketones is 2. The molecule has 1 aromatic carbocycles. The highest BCUT2D eigenvalue weighted by Gasteiger charge is 2.39. The van der Waals surface area contributed by atoms with Crippen molar-refractivity contribution in [3.8, 4) is 0 Å². The van der Waals surface area contributed by atoms with Crippen molar-refractivity contribution >= 4 is 34.4 Å². The Labute approximate surface area is 172 Å². The minimum Gasteiger partial charge on any atom is -0.361 e. The van der Waals surface area contributed by atoms with Gasteiger partial charge < -0.3 is 15.3 Å². The second kappa shape index (κ2) is 7.29. The number of hydrogen-bond acceptors (Lipinski definition) is 4. The first kappa shape index (κ1) is 19.6. The van der Waals surface area contributed by atoms with Crippen LogP contribution in [0.15, 0.2) is 30.5 Å². The number of aromatic nitrogens is 2. The first-order valence-electron chi connectivity index (χ1n) is 9.68. The predicted octanol–water partition coefficient (Wildman–Crippen LogP) is 2.66. The number of rotatable bonds is 6. The minimum atomic E-state index is -0.733. The number of imide groups is 1. The molecule has 0 radical (unpaired) electrons. The number of para-hydroxylation sites is 1. The monoisotopic (exact) mass is 406 g/mol. The summed E-state index contributed by atoms with van der Waals surface area (Å²) in [6.07, 6.45) is 2.15. The smallest absolute Gasteiger partial charge is 0.325 e. The van der Waals surface area contributed by atoms with E-state index in [-0.39, 0.29) is 18.0 Å². The summed E-state index contributed by atoms with van der Waals surface area (Å²) in [4.78, 5) is 56.8. The highest BCUT2D eigenvalue weighted by atomic mass is 16.2. The molecular weight excluding hydrogens is 384 g/mol. The topological polar surface area (TPSA) is 115 Å². The third-order valence-electron chi connectivity index (χ3n) is 5.58. The van der Waals surface area contributed by atoms with E-state index < -0.39 is 23.8 Å². The van der Waals surface area contributed by atoms with E-state index in [0.29, 0.717) is 23.2 Å². The number of aromatic amines is 2. The summed E-state index contributed by atoms with van der Waals surface area (Å²) in [6.45, 7) is 4.45. The number of Topliss-reactive ketones (excluding diaryl/α,β-unsaturated/α-hetero) is 2. The molecule has 3 amide bonds. The van der Waals surface area contributed by atoms with Gasteiger partial charge in [-0.2, -0.15) is 0 Å². The lowest BCUT2D eigenvalue weighted by atomic mass is 10.0. The Morgan fingerprint density at radius 2 is 1.87 bits per heavy atom.